The van der Waals surface area contributed by atoms with Crippen molar-refractivity contribution in [3.63, 3.8) is 0 Å². The summed E-state index contributed by atoms with van der Waals surface area (Å²) >= 11 is 6.20. The maximum Gasteiger partial charge on any atom is 0.333 e. The molecule has 0 fully saturated rings. The van der Waals surface area contributed by atoms with E-state index < -0.39 is 4.92 Å². The Morgan fingerprint density at radius 2 is 2.29 bits per heavy atom. The molecule has 1 heterocycles. The van der Waals surface area contributed by atoms with Gasteiger partial charge in [-0.25, -0.2) is 4.68 Å². The summed E-state index contributed by atoms with van der Waals surface area (Å²) in [6.45, 7) is 1.64. The first kappa shape index (κ1) is 13.9. The Hall–Kier alpha value is -2.08. The van der Waals surface area contributed by atoms with Crippen molar-refractivity contribution in [3.8, 4) is 0 Å². The average Bonchev–Trinajstić information content (AvgIpc) is 2.93. The maximum atomic E-state index is 11.2. The second kappa shape index (κ2) is 5.04. The number of benzene rings is 1. The first-order chi connectivity index (χ1) is 9.99. The number of anilines is 1. The molecule has 21 heavy (non-hydrogen) atoms. The molecule has 0 aliphatic heterocycles. The Morgan fingerprint density at radius 3 is 3.00 bits per heavy atom. The number of aromatic nitrogens is 2. The van der Waals surface area contributed by atoms with Gasteiger partial charge >= 0.3 is 5.69 Å². The fraction of sp³-hybridized carbons (Fsp3) is 0.357. The van der Waals surface area contributed by atoms with Crippen LogP contribution in [0.5, 0.6) is 0 Å². The number of nitro groups is 1. The van der Waals surface area contributed by atoms with Crippen molar-refractivity contribution in [2.24, 2.45) is 7.05 Å². The summed E-state index contributed by atoms with van der Waals surface area (Å²) in [5.41, 5.74) is 2.68. The molecule has 3 rings (SSSR count). The second-order valence-electron chi connectivity index (χ2n) is 5.21. The topological polar surface area (TPSA) is 73.0 Å². The molecule has 0 saturated carbocycles. The van der Waals surface area contributed by atoms with E-state index in [9.17, 15) is 10.1 Å². The van der Waals surface area contributed by atoms with Crippen LogP contribution < -0.4 is 5.32 Å². The highest BCUT2D eigenvalue weighted by Crippen LogP contribution is 2.39. The first-order valence-corrected chi connectivity index (χ1v) is 7.08. The molecule has 0 radical (unpaired) electrons. The van der Waals surface area contributed by atoms with Crippen molar-refractivity contribution in [1.82, 2.24) is 9.78 Å². The van der Waals surface area contributed by atoms with Gasteiger partial charge in [-0.05, 0) is 37.0 Å². The molecule has 1 aromatic carbocycles. The zero-order valence-corrected chi connectivity index (χ0v) is 12.5. The number of halogens is 1. The molecular formula is C14H15ClN4O2. The van der Waals surface area contributed by atoms with E-state index in [0.29, 0.717) is 11.5 Å². The highest BCUT2D eigenvalue weighted by Gasteiger charge is 2.30. The molecule has 0 spiro atoms. The van der Waals surface area contributed by atoms with Gasteiger partial charge in [0.15, 0.2) is 0 Å². The van der Waals surface area contributed by atoms with Crippen molar-refractivity contribution in [1.29, 1.82) is 0 Å². The zero-order valence-electron chi connectivity index (χ0n) is 11.8. The maximum absolute atomic E-state index is 11.2. The van der Waals surface area contributed by atoms with Crippen LogP contribution in [0.3, 0.4) is 0 Å². The predicted octanol–water partition coefficient (Wildman–Crippen LogP) is 3.39. The monoisotopic (exact) mass is 306 g/mol. The van der Waals surface area contributed by atoms with Crippen LogP contribution in [0, 0.1) is 17.0 Å². The molecule has 1 aliphatic carbocycles. The fourth-order valence-corrected chi connectivity index (χ4v) is 3.23. The summed E-state index contributed by atoms with van der Waals surface area (Å²) in [6, 6.07) is 5.82. The Labute approximate surface area is 126 Å². The van der Waals surface area contributed by atoms with Gasteiger partial charge in [0, 0.05) is 12.1 Å². The number of nitrogens with zero attached hydrogens (tertiary/aromatic N) is 3. The van der Waals surface area contributed by atoms with Crippen molar-refractivity contribution < 1.29 is 4.92 Å². The van der Waals surface area contributed by atoms with Crippen LogP contribution in [0.2, 0.25) is 5.02 Å². The molecular weight excluding hydrogens is 292 g/mol. The minimum Gasteiger partial charge on any atom is -0.358 e. The molecule has 1 atom stereocenters. The summed E-state index contributed by atoms with van der Waals surface area (Å²) < 4.78 is 1.52. The van der Waals surface area contributed by atoms with E-state index in [4.69, 9.17) is 11.6 Å². The summed E-state index contributed by atoms with van der Waals surface area (Å²) in [6.07, 6.45) is 1.73. The molecule has 1 aromatic heterocycles. The quantitative estimate of drug-likeness (QED) is 0.697. The number of nitrogens with one attached hydrogen (secondary N) is 1. The average molecular weight is 307 g/mol. The van der Waals surface area contributed by atoms with Crippen LogP contribution in [0.4, 0.5) is 11.5 Å². The zero-order chi connectivity index (χ0) is 15.1. The van der Waals surface area contributed by atoms with Crippen LogP contribution in [-0.4, -0.2) is 14.7 Å². The molecule has 0 bridgehead atoms. The van der Waals surface area contributed by atoms with Gasteiger partial charge in [-0.1, -0.05) is 23.7 Å². The third kappa shape index (κ3) is 2.25. The van der Waals surface area contributed by atoms with Gasteiger partial charge in [0.2, 0.25) is 5.82 Å². The SMILES string of the molecule is Cc1nn(C)c(NC2CCc3c(Cl)cccc32)c1[N+](=O)[O-]. The minimum absolute atomic E-state index is 0.0206. The van der Waals surface area contributed by atoms with E-state index in [0.717, 1.165) is 29.0 Å². The van der Waals surface area contributed by atoms with E-state index in [1.807, 2.05) is 18.2 Å². The summed E-state index contributed by atoms with van der Waals surface area (Å²) in [7, 11) is 1.70. The molecule has 1 N–H and O–H groups in total. The van der Waals surface area contributed by atoms with Gasteiger partial charge in [-0.15, -0.1) is 0 Å². The number of aryl methyl sites for hydroxylation is 2. The van der Waals surface area contributed by atoms with Crippen LogP contribution in [0.1, 0.15) is 29.3 Å². The number of hydrogen-bond acceptors (Lipinski definition) is 4. The third-order valence-corrected chi connectivity index (χ3v) is 4.25. The number of rotatable bonds is 3. The highest BCUT2D eigenvalue weighted by molar-refractivity contribution is 6.31. The normalized spacial score (nSPS) is 16.8. The lowest BCUT2D eigenvalue weighted by Crippen LogP contribution is -2.11. The van der Waals surface area contributed by atoms with Crippen LogP contribution >= 0.6 is 11.6 Å². The molecule has 1 aliphatic rings. The second-order valence-corrected chi connectivity index (χ2v) is 5.61. The Kier molecular flexibility index (Phi) is 3.33. The largest absolute Gasteiger partial charge is 0.358 e. The Balaban J connectivity index is 1.97. The molecule has 0 saturated heterocycles. The smallest absolute Gasteiger partial charge is 0.333 e. The van der Waals surface area contributed by atoms with Crippen LogP contribution in [-0.2, 0) is 13.5 Å². The van der Waals surface area contributed by atoms with Crippen LogP contribution in [0.15, 0.2) is 18.2 Å². The standard InChI is InChI=1S/C14H15ClN4O2/c1-8-13(19(20)21)14(18(2)17-8)16-12-7-6-9-10(12)4-3-5-11(9)15/h3-5,12,16H,6-7H2,1-2H3. The Morgan fingerprint density at radius 1 is 1.52 bits per heavy atom. The van der Waals surface area contributed by atoms with Crippen molar-refractivity contribution in [2.75, 3.05) is 5.32 Å². The Bertz CT molecular complexity index is 726. The van der Waals surface area contributed by atoms with E-state index in [1.54, 1.807) is 14.0 Å². The molecule has 110 valence electrons. The fourth-order valence-electron chi connectivity index (χ4n) is 2.95. The summed E-state index contributed by atoms with van der Waals surface area (Å²) in [4.78, 5) is 10.8. The van der Waals surface area contributed by atoms with Crippen LogP contribution in [0.25, 0.3) is 0 Å². The molecule has 2 aromatic rings. The van der Waals surface area contributed by atoms with Crippen molar-refractivity contribution in [3.05, 3.63) is 50.2 Å². The molecule has 7 heteroatoms. The number of fused-ring (bicyclic) bond motifs is 1. The lowest BCUT2D eigenvalue weighted by atomic mass is 10.1. The van der Waals surface area contributed by atoms with E-state index >= 15 is 0 Å². The first-order valence-electron chi connectivity index (χ1n) is 6.71. The minimum atomic E-state index is -0.390. The van der Waals surface area contributed by atoms with Crippen molar-refractivity contribution >= 4 is 23.1 Å². The van der Waals surface area contributed by atoms with Crippen molar-refractivity contribution in [2.45, 2.75) is 25.8 Å². The number of hydrogen-bond donors (Lipinski definition) is 1. The summed E-state index contributed by atoms with van der Waals surface area (Å²) in [5.74, 6) is 0.440. The third-order valence-electron chi connectivity index (χ3n) is 3.90. The van der Waals surface area contributed by atoms with Gasteiger partial charge < -0.3 is 5.32 Å². The van der Waals surface area contributed by atoms with Gasteiger partial charge in [0.05, 0.1) is 11.0 Å². The van der Waals surface area contributed by atoms with Gasteiger partial charge in [-0.2, -0.15) is 5.10 Å². The predicted molar refractivity (Wildman–Crippen MR) is 80.7 cm³/mol. The molecule has 1 unspecified atom stereocenters. The lowest BCUT2D eigenvalue weighted by molar-refractivity contribution is -0.384. The van der Waals surface area contributed by atoms with Gasteiger partial charge in [0.25, 0.3) is 0 Å². The molecule has 6 nitrogen and oxygen atoms in total. The molecule has 0 amide bonds. The highest BCUT2D eigenvalue weighted by atomic mass is 35.5. The lowest BCUT2D eigenvalue weighted by Gasteiger charge is -2.15. The van der Waals surface area contributed by atoms with Gasteiger partial charge in [-0.3, -0.25) is 10.1 Å². The van der Waals surface area contributed by atoms with Gasteiger partial charge in [0.1, 0.15) is 5.69 Å². The van der Waals surface area contributed by atoms with E-state index in [2.05, 4.69) is 10.4 Å². The van der Waals surface area contributed by atoms with E-state index in [1.165, 1.54) is 4.68 Å². The van der Waals surface area contributed by atoms with E-state index in [-0.39, 0.29) is 11.7 Å². The summed E-state index contributed by atoms with van der Waals surface area (Å²) in [5, 5.41) is 19.4.